The van der Waals surface area contributed by atoms with Crippen LogP contribution < -0.4 is 9.64 Å². The van der Waals surface area contributed by atoms with Crippen molar-refractivity contribution in [1.82, 2.24) is 4.98 Å². The van der Waals surface area contributed by atoms with Crippen LogP contribution >= 0.6 is 0 Å². The molecule has 0 radical (unpaired) electrons. The summed E-state index contributed by atoms with van der Waals surface area (Å²) in [7, 11) is 0. The molecule has 1 unspecified atom stereocenters. The van der Waals surface area contributed by atoms with Crippen molar-refractivity contribution in [2.45, 2.75) is 26.5 Å². The van der Waals surface area contributed by atoms with Gasteiger partial charge < -0.3 is 14.8 Å². The van der Waals surface area contributed by atoms with Gasteiger partial charge in [0.05, 0.1) is 11.6 Å². The number of aromatic nitrogens is 1. The van der Waals surface area contributed by atoms with Gasteiger partial charge >= 0.3 is 0 Å². The van der Waals surface area contributed by atoms with Crippen molar-refractivity contribution < 1.29 is 19.4 Å². The molecule has 6 heteroatoms. The minimum atomic E-state index is -0.813. The first-order chi connectivity index (χ1) is 19.4. The van der Waals surface area contributed by atoms with Crippen molar-refractivity contribution in [3.05, 3.63) is 137 Å². The number of rotatable bonds is 6. The molecular formula is C34H28N2O4. The minimum Gasteiger partial charge on any atom is -0.507 e. The molecule has 1 atom stereocenters. The summed E-state index contributed by atoms with van der Waals surface area (Å²) >= 11 is 0. The van der Waals surface area contributed by atoms with Crippen LogP contribution in [-0.4, -0.2) is 21.8 Å². The fourth-order valence-corrected chi connectivity index (χ4v) is 5.38. The number of nitrogens with one attached hydrogen (secondary N) is 1. The van der Waals surface area contributed by atoms with E-state index in [1.807, 2.05) is 98.9 Å². The number of hydrogen-bond acceptors (Lipinski definition) is 4. The first-order valence-corrected chi connectivity index (χ1v) is 13.1. The molecule has 1 amide bonds. The van der Waals surface area contributed by atoms with Crippen molar-refractivity contribution in [3.8, 4) is 5.75 Å². The normalized spacial score (nSPS) is 16.6. The monoisotopic (exact) mass is 528 g/mol. The Bertz CT molecular complexity index is 1780. The minimum absolute atomic E-state index is 0.0513. The second-order valence-electron chi connectivity index (χ2n) is 10.00. The summed E-state index contributed by atoms with van der Waals surface area (Å²) in [6.45, 7) is 4.20. The highest BCUT2D eigenvalue weighted by Crippen LogP contribution is 2.45. The molecule has 0 spiro atoms. The molecule has 0 bridgehead atoms. The molecule has 0 saturated carbocycles. The number of carbonyl (C=O) groups excluding carboxylic acids is 2. The van der Waals surface area contributed by atoms with E-state index in [9.17, 15) is 14.7 Å². The fraction of sp³-hybridized carbons (Fsp3) is 0.118. The molecule has 0 aliphatic carbocycles. The third-order valence-electron chi connectivity index (χ3n) is 7.42. The number of aryl methyl sites for hydroxylation is 2. The predicted octanol–water partition coefficient (Wildman–Crippen LogP) is 6.99. The number of ketones is 1. The number of anilines is 1. The topological polar surface area (TPSA) is 82.6 Å². The Morgan fingerprint density at radius 3 is 2.38 bits per heavy atom. The van der Waals surface area contributed by atoms with Crippen LogP contribution in [0.1, 0.15) is 33.9 Å². The molecule has 198 valence electrons. The van der Waals surface area contributed by atoms with Gasteiger partial charge in [0, 0.05) is 33.9 Å². The smallest absolute Gasteiger partial charge is 0.300 e. The lowest BCUT2D eigenvalue weighted by atomic mass is 9.94. The number of benzene rings is 4. The predicted molar refractivity (Wildman–Crippen MR) is 156 cm³/mol. The summed E-state index contributed by atoms with van der Waals surface area (Å²) in [4.78, 5) is 32.0. The van der Waals surface area contributed by atoms with Crippen molar-refractivity contribution in [1.29, 1.82) is 0 Å². The number of fused-ring (bicyclic) bond motifs is 1. The second kappa shape index (κ2) is 10.2. The zero-order chi connectivity index (χ0) is 27.8. The number of carbonyl (C=O) groups is 2. The van der Waals surface area contributed by atoms with Gasteiger partial charge in [0.25, 0.3) is 11.7 Å². The zero-order valence-electron chi connectivity index (χ0n) is 22.2. The average molecular weight is 529 g/mol. The number of aliphatic hydroxyl groups is 1. The molecule has 1 fully saturated rings. The third-order valence-corrected chi connectivity index (χ3v) is 7.42. The summed E-state index contributed by atoms with van der Waals surface area (Å²) in [5.41, 5.74) is 5.43. The molecule has 1 aliphatic heterocycles. The van der Waals surface area contributed by atoms with Gasteiger partial charge in [-0.25, -0.2) is 0 Å². The van der Waals surface area contributed by atoms with Crippen LogP contribution in [0.4, 0.5) is 5.69 Å². The molecule has 2 heterocycles. The van der Waals surface area contributed by atoms with Crippen molar-refractivity contribution in [2.75, 3.05) is 4.90 Å². The van der Waals surface area contributed by atoms with E-state index in [-0.39, 0.29) is 11.3 Å². The number of para-hydroxylation sites is 2. The van der Waals surface area contributed by atoms with E-state index in [0.29, 0.717) is 23.6 Å². The lowest BCUT2D eigenvalue weighted by Gasteiger charge is -2.26. The van der Waals surface area contributed by atoms with Gasteiger partial charge in [-0.1, -0.05) is 66.7 Å². The van der Waals surface area contributed by atoms with Crippen LogP contribution in [-0.2, 0) is 16.2 Å². The first-order valence-electron chi connectivity index (χ1n) is 13.1. The molecule has 4 aromatic carbocycles. The summed E-state index contributed by atoms with van der Waals surface area (Å²) in [5.74, 6) is -0.944. The Hall–Kier alpha value is -5.10. The van der Waals surface area contributed by atoms with Crippen LogP contribution in [0, 0.1) is 13.8 Å². The molecule has 1 saturated heterocycles. The molecule has 40 heavy (non-hydrogen) atoms. The summed E-state index contributed by atoms with van der Waals surface area (Å²) < 4.78 is 6.01. The lowest BCUT2D eigenvalue weighted by molar-refractivity contribution is -0.132. The number of aliphatic hydroxyl groups excluding tert-OH is 1. The van der Waals surface area contributed by atoms with Gasteiger partial charge in [-0.2, -0.15) is 0 Å². The number of H-pyrrole nitrogens is 1. The molecular weight excluding hydrogens is 500 g/mol. The van der Waals surface area contributed by atoms with E-state index in [1.54, 1.807) is 18.2 Å². The van der Waals surface area contributed by atoms with E-state index in [2.05, 4.69) is 4.98 Å². The SMILES string of the molecule is Cc1cc(/C(O)=C2\C(=O)C(=O)N(c3ccccc3C)C2c2c[nH]c3ccccc23)ccc1OCc1ccccc1. The average Bonchev–Trinajstić information content (AvgIpc) is 3.51. The molecule has 6 nitrogen and oxygen atoms in total. The number of Topliss-reactive ketones (excluding diaryl/α,β-unsaturated/α-hetero) is 1. The van der Waals surface area contributed by atoms with Crippen LogP contribution in [0.2, 0.25) is 0 Å². The fourth-order valence-electron chi connectivity index (χ4n) is 5.38. The second-order valence-corrected chi connectivity index (χ2v) is 10.00. The highest BCUT2D eigenvalue weighted by atomic mass is 16.5. The molecule has 1 aromatic heterocycles. The van der Waals surface area contributed by atoms with Crippen LogP contribution in [0.3, 0.4) is 0 Å². The first kappa shape index (κ1) is 25.2. The number of hydrogen-bond donors (Lipinski definition) is 2. The highest BCUT2D eigenvalue weighted by Gasteiger charge is 2.48. The molecule has 2 N–H and O–H groups in total. The summed E-state index contributed by atoms with van der Waals surface area (Å²) in [5, 5.41) is 12.5. The maximum absolute atomic E-state index is 13.6. The van der Waals surface area contributed by atoms with Crippen LogP contribution in [0.5, 0.6) is 5.75 Å². The van der Waals surface area contributed by atoms with Crippen LogP contribution in [0.25, 0.3) is 16.7 Å². The van der Waals surface area contributed by atoms with Gasteiger partial charge in [0.2, 0.25) is 0 Å². The van der Waals surface area contributed by atoms with E-state index in [1.165, 1.54) is 4.90 Å². The van der Waals surface area contributed by atoms with Crippen LogP contribution in [0.15, 0.2) is 109 Å². The number of amides is 1. The van der Waals surface area contributed by atoms with Gasteiger partial charge in [0.1, 0.15) is 18.1 Å². The Kier molecular flexibility index (Phi) is 6.44. The van der Waals surface area contributed by atoms with E-state index in [0.717, 1.165) is 33.2 Å². The van der Waals surface area contributed by atoms with Crippen molar-refractivity contribution in [2.24, 2.45) is 0 Å². The lowest BCUT2D eigenvalue weighted by Crippen LogP contribution is -2.30. The Balaban J connectivity index is 1.46. The third kappa shape index (κ3) is 4.33. The highest BCUT2D eigenvalue weighted by molar-refractivity contribution is 6.52. The summed E-state index contributed by atoms with van der Waals surface area (Å²) in [6, 6.07) is 29.5. The largest absolute Gasteiger partial charge is 0.507 e. The van der Waals surface area contributed by atoms with Crippen molar-refractivity contribution >= 4 is 34.0 Å². The Morgan fingerprint density at radius 1 is 0.875 bits per heavy atom. The van der Waals surface area contributed by atoms with Gasteiger partial charge in [-0.15, -0.1) is 0 Å². The molecule has 1 aliphatic rings. The number of ether oxygens (including phenoxy) is 1. The standard InChI is InChI=1S/C34H28N2O4/c1-21-10-6-9-15-28(21)36-31(26-19-35-27-14-8-7-13-25(26)27)30(33(38)34(36)39)32(37)24-16-17-29(22(2)18-24)40-20-23-11-4-3-5-12-23/h3-19,31,35,37H,20H2,1-2H3/b32-30+. The number of aromatic amines is 1. The molecule has 6 rings (SSSR count). The number of nitrogens with zero attached hydrogens (tertiary/aromatic N) is 1. The van der Waals surface area contributed by atoms with Gasteiger partial charge in [-0.05, 0) is 60.9 Å². The molecule has 5 aromatic rings. The van der Waals surface area contributed by atoms with Gasteiger partial charge in [0.15, 0.2) is 0 Å². The van der Waals surface area contributed by atoms with Gasteiger partial charge in [-0.3, -0.25) is 14.5 Å². The van der Waals surface area contributed by atoms with E-state index < -0.39 is 17.7 Å². The summed E-state index contributed by atoms with van der Waals surface area (Å²) in [6.07, 6.45) is 1.81. The van der Waals surface area contributed by atoms with Crippen molar-refractivity contribution in [3.63, 3.8) is 0 Å². The Morgan fingerprint density at radius 2 is 1.60 bits per heavy atom. The quantitative estimate of drug-likeness (QED) is 0.141. The maximum atomic E-state index is 13.6. The Labute approximate surface area is 232 Å². The van der Waals surface area contributed by atoms with E-state index in [4.69, 9.17) is 4.74 Å². The van der Waals surface area contributed by atoms with E-state index >= 15 is 0 Å². The zero-order valence-corrected chi connectivity index (χ0v) is 22.2. The maximum Gasteiger partial charge on any atom is 0.300 e.